The maximum atomic E-state index is 9.70. The lowest BCUT2D eigenvalue weighted by molar-refractivity contribution is 1.50. The summed E-state index contributed by atoms with van der Waals surface area (Å²) in [6, 6.07) is 38.1. The zero-order valence-corrected chi connectivity index (χ0v) is 20.2. The van der Waals surface area contributed by atoms with E-state index in [4.69, 9.17) is 0 Å². The highest BCUT2D eigenvalue weighted by Crippen LogP contribution is 2.46. The zero-order valence-electron chi connectivity index (χ0n) is 20.2. The summed E-state index contributed by atoms with van der Waals surface area (Å²) in [4.78, 5) is 0. The van der Waals surface area contributed by atoms with Crippen molar-refractivity contribution < 1.29 is 0 Å². The smallest absolute Gasteiger partial charge is 0.0992 e. The molecule has 9 aromatic carbocycles. The van der Waals surface area contributed by atoms with Crippen molar-refractivity contribution in [2.24, 2.45) is 0 Å². The summed E-state index contributed by atoms with van der Waals surface area (Å²) in [7, 11) is 0. The monoisotopic (exact) mass is 465 g/mol. The molecule has 0 saturated heterocycles. The summed E-state index contributed by atoms with van der Waals surface area (Å²) < 4.78 is 0. The van der Waals surface area contributed by atoms with Gasteiger partial charge in [0, 0.05) is 0 Å². The van der Waals surface area contributed by atoms with Crippen LogP contribution in [-0.4, -0.2) is 0 Å². The first kappa shape index (κ1) is 19.3. The number of nitrogens with zero attached hydrogens (tertiary/aromatic N) is 1. The standard InChI is InChI=1S/C36H19N/c1-19-9-10-22-11-20(18-37)12-31-30-16-23-15-29-28(14-24(23)17-32(30)34(19)35(22)31)27-8-4-7-26-25-6-3-2-5-21(25)13-33(29)36(26)27/h2-17H,1H3. The van der Waals surface area contributed by atoms with Gasteiger partial charge in [0.1, 0.15) is 0 Å². The molecule has 0 unspecified atom stereocenters. The summed E-state index contributed by atoms with van der Waals surface area (Å²) >= 11 is 0. The highest BCUT2D eigenvalue weighted by Gasteiger charge is 2.18. The molecule has 0 aromatic heterocycles. The second-order valence-electron chi connectivity index (χ2n) is 10.5. The van der Waals surface area contributed by atoms with E-state index in [1.807, 2.05) is 6.07 Å². The lowest BCUT2D eigenvalue weighted by atomic mass is 9.99. The summed E-state index contributed by atoms with van der Waals surface area (Å²) in [6.45, 7) is 2.20. The van der Waals surface area contributed by atoms with Crippen LogP contribution in [0, 0.1) is 18.3 Å². The van der Waals surface area contributed by atoms with Gasteiger partial charge in [0.05, 0.1) is 11.6 Å². The quantitative estimate of drug-likeness (QED) is 0.204. The molecule has 0 aliphatic rings. The SMILES string of the molecule is Cc1ccc2cc(C#N)cc3c4cc5cc6c(cc5cc4c1c23)c1cccc2c3ccccc3cc6c21. The molecule has 0 fully saturated rings. The molecule has 1 heteroatoms. The van der Waals surface area contributed by atoms with Crippen molar-refractivity contribution in [2.45, 2.75) is 6.92 Å². The van der Waals surface area contributed by atoms with Crippen LogP contribution >= 0.6 is 0 Å². The number of rotatable bonds is 0. The zero-order chi connectivity index (χ0) is 24.4. The molecule has 0 atom stereocenters. The molecule has 0 radical (unpaired) electrons. The predicted octanol–water partition coefficient (Wildman–Crippen LogP) is 9.97. The molecule has 168 valence electrons. The molecule has 37 heavy (non-hydrogen) atoms. The predicted molar refractivity (Wildman–Crippen MR) is 158 cm³/mol. The Morgan fingerprint density at radius 2 is 1.03 bits per heavy atom. The Morgan fingerprint density at radius 3 is 1.84 bits per heavy atom. The van der Waals surface area contributed by atoms with Gasteiger partial charge < -0.3 is 0 Å². The van der Waals surface area contributed by atoms with E-state index >= 15 is 0 Å². The topological polar surface area (TPSA) is 23.8 Å². The summed E-state index contributed by atoms with van der Waals surface area (Å²) in [5.74, 6) is 0. The van der Waals surface area contributed by atoms with Crippen molar-refractivity contribution in [3.8, 4) is 6.07 Å². The van der Waals surface area contributed by atoms with Gasteiger partial charge in [-0.1, -0.05) is 54.6 Å². The average Bonchev–Trinajstić information content (AvgIpc) is 3.42. The van der Waals surface area contributed by atoms with Gasteiger partial charge in [0.2, 0.25) is 0 Å². The van der Waals surface area contributed by atoms with E-state index in [1.165, 1.54) is 86.4 Å². The summed E-state index contributed by atoms with van der Waals surface area (Å²) in [6.07, 6.45) is 0. The Bertz CT molecular complexity index is 2470. The van der Waals surface area contributed by atoms with Crippen molar-refractivity contribution in [1.82, 2.24) is 0 Å². The molecule has 0 aliphatic carbocycles. The van der Waals surface area contributed by atoms with Gasteiger partial charge in [-0.25, -0.2) is 0 Å². The van der Waals surface area contributed by atoms with E-state index in [-0.39, 0.29) is 0 Å². The van der Waals surface area contributed by atoms with Gasteiger partial charge in [0.15, 0.2) is 0 Å². The molecular formula is C36H19N. The van der Waals surface area contributed by atoms with Crippen molar-refractivity contribution in [3.63, 3.8) is 0 Å². The van der Waals surface area contributed by atoms with E-state index in [2.05, 4.69) is 104 Å². The van der Waals surface area contributed by atoms with Crippen LogP contribution in [0.3, 0.4) is 0 Å². The molecule has 1 nitrogen and oxygen atoms in total. The minimum Gasteiger partial charge on any atom is -0.192 e. The molecule has 0 bridgehead atoms. The molecule has 0 amide bonds. The third-order valence-electron chi connectivity index (χ3n) is 8.59. The van der Waals surface area contributed by atoms with Crippen LogP contribution in [0.25, 0.3) is 86.2 Å². The van der Waals surface area contributed by atoms with Gasteiger partial charge in [-0.05, 0) is 141 Å². The van der Waals surface area contributed by atoms with Crippen LogP contribution in [0.2, 0.25) is 0 Å². The van der Waals surface area contributed by atoms with E-state index in [9.17, 15) is 5.26 Å². The number of fused-ring (bicyclic) bond motifs is 9. The fourth-order valence-corrected chi connectivity index (χ4v) is 7.02. The van der Waals surface area contributed by atoms with E-state index < -0.39 is 0 Å². The average molecular weight is 466 g/mol. The lowest BCUT2D eigenvalue weighted by Crippen LogP contribution is -1.79. The van der Waals surface area contributed by atoms with Gasteiger partial charge in [-0.3, -0.25) is 0 Å². The molecule has 9 rings (SSSR count). The molecule has 9 aromatic rings. The maximum Gasteiger partial charge on any atom is 0.0992 e. The number of benzene rings is 7. The van der Waals surface area contributed by atoms with E-state index in [0.717, 1.165) is 5.39 Å². The largest absolute Gasteiger partial charge is 0.192 e. The second-order valence-corrected chi connectivity index (χ2v) is 10.5. The first-order valence-electron chi connectivity index (χ1n) is 12.7. The molecule has 0 N–H and O–H groups in total. The minimum atomic E-state index is 0.716. The molecule has 0 saturated carbocycles. The van der Waals surface area contributed by atoms with E-state index in [1.54, 1.807) is 0 Å². The maximum absolute atomic E-state index is 9.70. The van der Waals surface area contributed by atoms with Crippen LogP contribution in [0.15, 0.2) is 97.1 Å². The van der Waals surface area contributed by atoms with Gasteiger partial charge >= 0.3 is 0 Å². The number of hydrogen-bond acceptors (Lipinski definition) is 1. The Labute approximate surface area is 212 Å². The Hall–Kier alpha value is -4.93. The Morgan fingerprint density at radius 1 is 0.432 bits per heavy atom. The van der Waals surface area contributed by atoms with Crippen LogP contribution in [0.5, 0.6) is 0 Å². The molecule has 0 heterocycles. The van der Waals surface area contributed by atoms with Crippen LogP contribution in [0.1, 0.15) is 11.1 Å². The first-order valence-corrected chi connectivity index (χ1v) is 12.7. The fourth-order valence-electron chi connectivity index (χ4n) is 7.02. The summed E-state index contributed by atoms with van der Waals surface area (Å²) in [5, 5.41) is 30.2. The third-order valence-corrected chi connectivity index (χ3v) is 8.59. The number of hydrogen-bond donors (Lipinski definition) is 0. The minimum absolute atomic E-state index is 0.716. The Kier molecular flexibility index (Phi) is 3.35. The van der Waals surface area contributed by atoms with Crippen molar-refractivity contribution >= 4 is 86.2 Å². The first-order chi connectivity index (χ1) is 18.2. The Balaban J connectivity index is 1.50. The summed E-state index contributed by atoms with van der Waals surface area (Å²) in [5.41, 5.74) is 2.00. The van der Waals surface area contributed by atoms with Gasteiger partial charge in [-0.2, -0.15) is 5.26 Å². The molecule has 0 aliphatic heterocycles. The second kappa shape index (κ2) is 6.44. The van der Waals surface area contributed by atoms with Crippen LogP contribution in [0.4, 0.5) is 0 Å². The van der Waals surface area contributed by atoms with Gasteiger partial charge in [-0.15, -0.1) is 0 Å². The van der Waals surface area contributed by atoms with Gasteiger partial charge in [0.25, 0.3) is 0 Å². The van der Waals surface area contributed by atoms with Crippen molar-refractivity contribution in [3.05, 3.63) is 108 Å². The van der Waals surface area contributed by atoms with Crippen molar-refractivity contribution in [2.75, 3.05) is 0 Å². The normalized spacial score (nSPS) is 12.4. The number of aryl methyl sites for hydroxylation is 1. The highest BCUT2D eigenvalue weighted by atomic mass is 14.3. The van der Waals surface area contributed by atoms with Crippen LogP contribution < -0.4 is 0 Å². The fraction of sp³-hybridized carbons (Fsp3) is 0.0278. The molecular weight excluding hydrogens is 446 g/mol. The molecule has 0 spiro atoms. The highest BCUT2D eigenvalue weighted by molar-refractivity contribution is 6.37. The van der Waals surface area contributed by atoms with Crippen LogP contribution in [-0.2, 0) is 0 Å². The number of nitriles is 1. The van der Waals surface area contributed by atoms with Crippen molar-refractivity contribution in [1.29, 1.82) is 5.26 Å². The lowest BCUT2D eigenvalue weighted by Gasteiger charge is -2.05. The van der Waals surface area contributed by atoms with E-state index in [0.29, 0.717) is 5.56 Å². The third kappa shape index (κ3) is 2.29.